The number of Topliss-reactive ketones (excluding diaryl/α,β-unsaturated/α-hetero) is 1. The Morgan fingerprint density at radius 3 is 2.40 bits per heavy atom. The van der Waals surface area contributed by atoms with E-state index in [0.29, 0.717) is 0 Å². The number of ketones is 1. The second kappa shape index (κ2) is 6.26. The molecule has 20 heavy (non-hydrogen) atoms. The summed E-state index contributed by atoms with van der Waals surface area (Å²) in [5.41, 5.74) is -1.57. The van der Waals surface area contributed by atoms with Crippen molar-refractivity contribution >= 4 is 23.4 Å². The van der Waals surface area contributed by atoms with E-state index in [9.17, 15) is 22.8 Å². The molecular weight excluding hydrogens is 297 g/mol. The lowest BCUT2D eigenvalue weighted by atomic mass is 9.99. The van der Waals surface area contributed by atoms with Crippen LogP contribution >= 0.6 is 11.6 Å². The molecule has 0 aliphatic carbocycles. The first kappa shape index (κ1) is 16.5. The third-order valence-corrected chi connectivity index (χ3v) is 3.04. The van der Waals surface area contributed by atoms with E-state index in [-0.39, 0.29) is 12.2 Å². The number of rotatable bonds is 4. The summed E-state index contributed by atoms with van der Waals surface area (Å²) in [6.45, 7) is 2.74. The lowest BCUT2D eigenvalue weighted by Crippen LogP contribution is -2.15. The first-order valence-electron chi connectivity index (χ1n) is 5.71. The van der Waals surface area contributed by atoms with Crippen LogP contribution in [0.2, 0.25) is 0 Å². The highest BCUT2D eigenvalue weighted by molar-refractivity contribution is 6.31. The van der Waals surface area contributed by atoms with Crippen LogP contribution in [0.4, 0.5) is 13.2 Å². The molecule has 1 aromatic rings. The molecule has 0 fully saturated rings. The molecule has 1 atom stereocenters. The Hall–Kier alpha value is -1.56. The van der Waals surface area contributed by atoms with E-state index < -0.39 is 34.4 Å². The van der Waals surface area contributed by atoms with Crippen LogP contribution in [0.3, 0.4) is 0 Å². The SMILES string of the molecule is CCOC(=O)c1ccc(C(F)(F)F)c(C(Cl)C(C)=O)c1. The average molecular weight is 309 g/mol. The molecule has 0 saturated heterocycles. The van der Waals surface area contributed by atoms with E-state index in [1.165, 1.54) is 0 Å². The summed E-state index contributed by atoms with van der Waals surface area (Å²) in [5.74, 6) is -1.41. The Bertz CT molecular complexity index is 526. The summed E-state index contributed by atoms with van der Waals surface area (Å²) in [4.78, 5) is 22.7. The van der Waals surface area contributed by atoms with Gasteiger partial charge in [0.25, 0.3) is 0 Å². The van der Waals surface area contributed by atoms with Crippen molar-refractivity contribution in [2.75, 3.05) is 6.61 Å². The molecule has 0 bridgehead atoms. The van der Waals surface area contributed by atoms with E-state index in [0.717, 1.165) is 25.1 Å². The number of esters is 1. The predicted molar refractivity (Wildman–Crippen MR) is 66.7 cm³/mol. The van der Waals surface area contributed by atoms with Crippen molar-refractivity contribution in [3.05, 3.63) is 34.9 Å². The first-order valence-corrected chi connectivity index (χ1v) is 6.15. The minimum absolute atomic E-state index is 0.0817. The van der Waals surface area contributed by atoms with Gasteiger partial charge in [0.1, 0.15) is 5.38 Å². The van der Waals surface area contributed by atoms with Crippen LogP contribution in [0.1, 0.15) is 40.7 Å². The van der Waals surface area contributed by atoms with Crippen molar-refractivity contribution in [3.8, 4) is 0 Å². The summed E-state index contributed by atoms with van der Waals surface area (Å²) >= 11 is 5.70. The Labute approximate surface area is 118 Å². The van der Waals surface area contributed by atoms with E-state index in [1.54, 1.807) is 6.92 Å². The monoisotopic (exact) mass is 308 g/mol. The second-order valence-electron chi connectivity index (χ2n) is 3.99. The van der Waals surface area contributed by atoms with Crippen molar-refractivity contribution in [1.82, 2.24) is 0 Å². The van der Waals surface area contributed by atoms with Crippen LogP contribution in [-0.2, 0) is 15.7 Å². The summed E-state index contributed by atoms with van der Waals surface area (Å²) in [6, 6.07) is 2.66. The molecule has 110 valence electrons. The van der Waals surface area contributed by atoms with Gasteiger partial charge in [-0.1, -0.05) is 0 Å². The number of alkyl halides is 4. The molecule has 0 saturated carbocycles. The maximum absolute atomic E-state index is 12.9. The molecular formula is C13H12ClF3O3. The fraction of sp³-hybridized carbons (Fsp3) is 0.385. The smallest absolute Gasteiger partial charge is 0.416 e. The second-order valence-corrected chi connectivity index (χ2v) is 4.43. The molecule has 7 heteroatoms. The highest BCUT2D eigenvalue weighted by Gasteiger charge is 2.36. The molecule has 1 rings (SSSR count). The van der Waals surface area contributed by atoms with Gasteiger partial charge in [0.15, 0.2) is 5.78 Å². The van der Waals surface area contributed by atoms with Crippen LogP contribution in [-0.4, -0.2) is 18.4 Å². The lowest BCUT2D eigenvalue weighted by molar-refractivity contribution is -0.138. The van der Waals surface area contributed by atoms with E-state index in [2.05, 4.69) is 0 Å². The molecule has 0 spiro atoms. The third-order valence-electron chi connectivity index (χ3n) is 2.50. The largest absolute Gasteiger partial charge is 0.462 e. The summed E-state index contributed by atoms with van der Waals surface area (Å²) in [6.07, 6.45) is -4.66. The molecule has 0 heterocycles. The number of carbonyl (C=O) groups is 2. The minimum atomic E-state index is -4.66. The van der Waals surface area contributed by atoms with Gasteiger partial charge in [-0.3, -0.25) is 4.79 Å². The Kier molecular flexibility index (Phi) is 5.16. The highest BCUT2D eigenvalue weighted by atomic mass is 35.5. The fourth-order valence-electron chi connectivity index (χ4n) is 1.59. The summed E-state index contributed by atoms with van der Waals surface area (Å²) in [5, 5.41) is -1.47. The number of benzene rings is 1. The van der Waals surface area contributed by atoms with Crippen molar-refractivity contribution in [1.29, 1.82) is 0 Å². The first-order chi connectivity index (χ1) is 9.18. The Balaban J connectivity index is 3.36. The van der Waals surface area contributed by atoms with Gasteiger partial charge in [0.05, 0.1) is 17.7 Å². The number of hydrogen-bond acceptors (Lipinski definition) is 3. The number of ether oxygens (including phenoxy) is 1. The third kappa shape index (κ3) is 3.72. The predicted octanol–water partition coefficient (Wildman–Crippen LogP) is 3.75. The van der Waals surface area contributed by atoms with Gasteiger partial charge in [0.2, 0.25) is 0 Å². The molecule has 0 aromatic heterocycles. The molecule has 1 unspecified atom stereocenters. The zero-order valence-corrected chi connectivity index (χ0v) is 11.5. The van der Waals surface area contributed by atoms with Crippen LogP contribution in [0, 0.1) is 0 Å². The van der Waals surface area contributed by atoms with E-state index in [1.807, 2.05) is 0 Å². The van der Waals surface area contributed by atoms with E-state index in [4.69, 9.17) is 16.3 Å². The molecule has 0 aliphatic heterocycles. The van der Waals surface area contributed by atoms with Gasteiger partial charge in [-0.15, -0.1) is 11.6 Å². The van der Waals surface area contributed by atoms with Crippen molar-refractivity contribution in [2.24, 2.45) is 0 Å². The van der Waals surface area contributed by atoms with Crippen LogP contribution in [0.15, 0.2) is 18.2 Å². The molecule has 0 radical (unpaired) electrons. The van der Waals surface area contributed by atoms with Gasteiger partial charge >= 0.3 is 12.1 Å². The molecule has 3 nitrogen and oxygen atoms in total. The van der Waals surface area contributed by atoms with Crippen LogP contribution in [0.5, 0.6) is 0 Å². The zero-order valence-electron chi connectivity index (χ0n) is 10.8. The standard InChI is InChI=1S/C13H12ClF3O3/c1-3-20-12(19)8-4-5-10(13(15,16)17)9(6-8)11(14)7(2)18/h4-6,11H,3H2,1-2H3. The zero-order chi connectivity index (χ0) is 15.5. The van der Waals surface area contributed by atoms with Crippen LogP contribution in [0.25, 0.3) is 0 Å². The quantitative estimate of drug-likeness (QED) is 0.628. The maximum atomic E-state index is 12.9. The van der Waals surface area contributed by atoms with Crippen LogP contribution < -0.4 is 0 Å². The molecule has 0 amide bonds. The number of hydrogen-bond donors (Lipinski definition) is 0. The van der Waals surface area contributed by atoms with Crippen molar-refractivity contribution < 1.29 is 27.5 Å². The van der Waals surface area contributed by atoms with E-state index >= 15 is 0 Å². The maximum Gasteiger partial charge on any atom is 0.416 e. The fourth-order valence-corrected chi connectivity index (χ4v) is 1.77. The summed E-state index contributed by atoms with van der Waals surface area (Å²) in [7, 11) is 0. The Morgan fingerprint density at radius 1 is 1.35 bits per heavy atom. The van der Waals surface area contributed by atoms with Crippen molar-refractivity contribution in [2.45, 2.75) is 25.4 Å². The average Bonchev–Trinajstić information content (AvgIpc) is 2.36. The number of carbonyl (C=O) groups excluding carboxylic acids is 2. The van der Waals surface area contributed by atoms with Gasteiger partial charge in [-0.25, -0.2) is 4.79 Å². The summed E-state index contributed by atoms with van der Waals surface area (Å²) < 4.78 is 43.3. The molecule has 0 aliphatic rings. The molecule has 0 N–H and O–H groups in total. The minimum Gasteiger partial charge on any atom is -0.462 e. The molecule has 1 aromatic carbocycles. The van der Waals surface area contributed by atoms with Gasteiger partial charge in [0, 0.05) is 0 Å². The topological polar surface area (TPSA) is 43.4 Å². The lowest BCUT2D eigenvalue weighted by Gasteiger charge is -2.16. The van der Waals surface area contributed by atoms with Gasteiger partial charge in [-0.05, 0) is 37.6 Å². The highest BCUT2D eigenvalue weighted by Crippen LogP contribution is 2.37. The Morgan fingerprint density at radius 2 is 1.95 bits per heavy atom. The van der Waals surface area contributed by atoms with Crippen molar-refractivity contribution in [3.63, 3.8) is 0 Å². The van der Waals surface area contributed by atoms with Gasteiger partial charge < -0.3 is 4.74 Å². The van der Waals surface area contributed by atoms with Gasteiger partial charge in [-0.2, -0.15) is 13.2 Å². The normalized spacial score (nSPS) is 12.9. The number of halogens is 4.